The molecule has 1 N–H and O–H groups in total. The van der Waals surface area contributed by atoms with Crippen molar-refractivity contribution < 1.29 is 19.2 Å². The van der Waals surface area contributed by atoms with E-state index < -0.39 is 5.25 Å². The lowest BCUT2D eigenvalue weighted by molar-refractivity contribution is -0.131. The third kappa shape index (κ3) is 7.51. The second kappa shape index (κ2) is 8.74. The smallest absolute Gasteiger partial charge is 0.223 e. The van der Waals surface area contributed by atoms with Crippen molar-refractivity contribution in [1.82, 2.24) is 10.2 Å². The molecule has 6 nitrogen and oxygen atoms in total. The maximum atomic E-state index is 11.5. The first kappa shape index (κ1) is 15.6. The van der Waals surface area contributed by atoms with Gasteiger partial charge in [-0.15, -0.1) is 0 Å². The molecule has 0 saturated carbocycles. The van der Waals surface area contributed by atoms with E-state index in [1.807, 2.05) is 0 Å². The van der Waals surface area contributed by atoms with E-state index in [9.17, 15) is 19.2 Å². The van der Waals surface area contributed by atoms with Crippen molar-refractivity contribution in [2.75, 3.05) is 20.1 Å². The molecule has 0 bridgehead atoms. The van der Waals surface area contributed by atoms with Crippen LogP contribution < -0.4 is 5.32 Å². The lowest BCUT2D eigenvalue weighted by Gasteiger charge is -2.17. The van der Waals surface area contributed by atoms with Crippen LogP contribution in [0, 0.1) is 0 Å². The summed E-state index contributed by atoms with van der Waals surface area (Å²) in [6, 6.07) is 0. The van der Waals surface area contributed by atoms with Crippen molar-refractivity contribution in [1.29, 1.82) is 0 Å². The molecule has 7 heteroatoms. The van der Waals surface area contributed by atoms with Crippen LogP contribution in [0.5, 0.6) is 0 Å². The molecule has 17 heavy (non-hydrogen) atoms. The minimum atomic E-state index is -0.617. The van der Waals surface area contributed by atoms with Crippen molar-refractivity contribution in [3.8, 4) is 0 Å². The van der Waals surface area contributed by atoms with Crippen molar-refractivity contribution in [3.05, 3.63) is 0 Å². The average Bonchev–Trinajstić information content (AvgIpc) is 2.32. The molecule has 0 aliphatic heterocycles. The molecule has 0 aliphatic carbocycles. The van der Waals surface area contributed by atoms with E-state index in [4.69, 9.17) is 0 Å². The van der Waals surface area contributed by atoms with E-state index >= 15 is 0 Å². The molecule has 0 spiro atoms. The molecular formula is C10H16N2O4S. The quantitative estimate of drug-likeness (QED) is 0.435. The molecule has 0 rings (SSSR count). The Labute approximate surface area is 105 Å². The fourth-order valence-corrected chi connectivity index (χ4v) is 1.18. The number of hydrogen-bond acceptors (Lipinski definition) is 5. The van der Waals surface area contributed by atoms with Crippen LogP contribution in [-0.2, 0) is 19.2 Å². The number of amides is 2. The summed E-state index contributed by atoms with van der Waals surface area (Å²) < 4.78 is 0. The third-order valence-corrected chi connectivity index (χ3v) is 2.33. The van der Waals surface area contributed by atoms with Crippen LogP contribution in [0.4, 0.5) is 0 Å². The molecule has 1 atom stereocenters. The van der Waals surface area contributed by atoms with Crippen LogP contribution >= 0.6 is 12.6 Å². The van der Waals surface area contributed by atoms with Gasteiger partial charge in [0.05, 0.1) is 11.8 Å². The average molecular weight is 260 g/mol. The minimum absolute atomic E-state index is 0.0130. The van der Waals surface area contributed by atoms with Crippen LogP contribution in [0.15, 0.2) is 0 Å². The molecule has 0 saturated heterocycles. The first-order chi connectivity index (χ1) is 8.01. The lowest BCUT2D eigenvalue weighted by atomic mass is 10.2. The summed E-state index contributed by atoms with van der Waals surface area (Å²) in [7, 11) is 1.54. The molecule has 0 heterocycles. The monoisotopic (exact) mass is 260 g/mol. The Morgan fingerprint density at radius 1 is 1.41 bits per heavy atom. The Hall–Kier alpha value is -1.37. The topological polar surface area (TPSA) is 83.6 Å². The van der Waals surface area contributed by atoms with Crippen molar-refractivity contribution >= 4 is 37.0 Å². The highest BCUT2D eigenvalue weighted by atomic mass is 32.1. The van der Waals surface area contributed by atoms with Crippen molar-refractivity contribution in [2.24, 2.45) is 0 Å². The first-order valence-electron chi connectivity index (χ1n) is 5.09. The van der Waals surface area contributed by atoms with E-state index in [1.54, 1.807) is 7.05 Å². The first-order valence-corrected chi connectivity index (χ1v) is 5.60. The van der Waals surface area contributed by atoms with Gasteiger partial charge in [-0.05, 0) is 0 Å². The Balaban J connectivity index is 3.88. The molecule has 0 aromatic rings. The maximum Gasteiger partial charge on any atom is 0.223 e. The van der Waals surface area contributed by atoms with Crippen LogP contribution in [-0.4, -0.2) is 54.7 Å². The lowest BCUT2D eigenvalue weighted by Crippen LogP contribution is -2.34. The molecule has 0 aliphatic rings. The summed E-state index contributed by atoms with van der Waals surface area (Å²) in [5.74, 6) is -0.546. The van der Waals surface area contributed by atoms with Gasteiger partial charge in [-0.1, -0.05) is 0 Å². The van der Waals surface area contributed by atoms with Crippen LogP contribution in [0.2, 0.25) is 0 Å². The predicted octanol–water partition coefficient (Wildman–Crippen LogP) is -0.963. The number of hydrogen-bond donors (Lipinski definition) is 2. The number of rotatable bonds is 8. The second-order valence-electron chi connectivity index (χ2n) is 3.44. The Bertz CT molecular complexity index is 296. The summed E-state index contributed by atoms with van der Waals surface area (Å²) >= 11 is 3.89. The number of aldehydes is 2. The van der Waals surface area contributed by atoms with Crippen molar-refractivity contribution in [3.63, 3.8) is 0 Å². The molecule has 0 aromatic carbocycles. The van der Waals surface area contributed by atoms with E-state index in [-0.39, 0.29) is 37.7 Å². The summed E-state index contributed by atoms with van der Waals surface area (Å²) in [4.78, 5) is 44.2. The van der Waals surface area contributed by atoms with E-state index in [0.29, 0.717) is 12.6 Å². The van der Waals surface area contributed by atoms with Gasteiger partial charge in [0, 0.05) is 26.4 Å². The zero-order valence-electron chi connectivity index (χ0n) is 9.59. The summed E-state index contributed by atoms with van der Waals surface area (Å²) in [6.07, 6.45) is 1.31. The highest BCUT2D eigenvalue weighted by Gasteiger charge is 2.14. The molecule has 1 unspecified atom stereocenters. The number of carbonyl (C=O) groups is 4. The SMILES string of the molecule is CN(CCC(=O)NCC=O)C(=O)CC(S)C=O. The number of nitrogens with one attached hydrogen (secondary N) is 1. The largest absolute Gasteiger partial charge is 0.349 e. The van der Waals surface area contributed by atoms with Crippen molar-refractivity contribution in [2.45, 2.75) is 18.1 Å². The standard InChI is InChI=1S/C10H16N2O4S/c1-12(10(16)6-8(17)7-14)4-2-9(15)11-3-5-13/h5,7-8,17H,2-4,6H2,1H3,(H,11,15). The van der Waals surface area contributed by atoms with Gasteiger partial charge in [-0.3, -0.25) is 9.59 Å². The molecular weight excluding hydrogens is 244 g/mol. The minimum Gasteiger partial charge on any atom is -0.349 e. The molecule has 0 fully saturated rings. The van der Waals surface area contributed by atoms with E-state index in [2.05, 4.69) is 17.9 Å². The number of carbonyl (C=O) groups excluding carboxylic acids is 4. The van der Waals surface area contributed by atoms with Gasteiger partial charge in [0.15, 0.2) is 0 Å². The Morgan fingerprint density at radius 3 is 2.59 bits per heavy atom. The second-order valence-corrected chi connectivity index (χ2v) is 4.11. The normalized spacial score (nSPS) is 11.4. The number of thiol groups is 1. The van der Waals surface area contributed by atoms with E-state index in [1.165, 1.54) is 4.90 Å². The molecule has 0 aromatic heterocycles. The fourth-order valence-electron chi connectivity index (χ4n) is 1.02. The Kier molecular flexibility index (Phi) is 8.04. The van der Waals surface area contributed by atoms with Gasteiger partial charge in [0.25, 0.3) is 0 Å². The highest BCUT2D eigenvalue weighted by Crippen LogP contribution is 2.01. The molecule has 0 radical (unpaired) electrons. The summed E-state index contributed by atoms with van der Waals surface area (Å²) in [6.45, 7) is 0.212. The highest BCUT2D eigenvalue weighted by molar-refractivity contribution is 7.81. The summed E-state index contributed by atoms with van der Waals surface area (Å²) in [5, 5.41) is 1.75. The third-order valence-electron chi connectivity index (χ3n) is 2.02. The predicted molar refractivity (Wildman–Crippen MR) is 64.8 cm³/mol. The molecule has 2 amide bonds. The van der Waals surface area contributed by atoms with Crippen LogP contribution in [0.1, 0.15) is 12.8 Å². The van der Waals surface area contributed by atoms with Gasteiger partial charge >= 0.3 is 0 Å². The fraction of sp³-hybridized carbons (Fsp3) is 0.600. The van der Waals surface area contributed by atoms with Gasteiger partial charge in [-0.2, -0.15) is 12.6 Å². The zero-order valence-corrected chi connectivity index (χ0v) is 10.5. The number of nitrogens with zero attached hydrogens (tertiary/aromatic N) is 1. The maximum absolute atomic E-state index is 11.5. The van der Waals surface area contributed by atoms with Gasteiger partial charge in [0.2, 0.25) is 11.8 Å². The Morgan fingerprint density at radius 2 is 2.06 bits per heavy atom. The van der Waals surface area contributed by atoms with Gasteiger partial charge in [-0.25, -0.2) is 0 Å². The van der Waals surface area contributed by atoms with E-state index in [0.717, 1.165) is 0 Å². The summed E-state index contributed by atoms with van der Waals surface area (Å²) in [5.41, 5.74) is 0. The molecule has 96 valence electrons. The van der Waals surface area contributed by atoms with Gasteiger partial charge in [0.1, 0.15) is 12.6 Å². The van der Waals surface area contributed by atoms with Crippen LogP contribution in [0.3, 0.4) is 0 Å². The van der Waals surface area contributed by atoms with Gasteiger partial charge < -0.3 is 19.8 Å². The van der Waals surface area contributed by atoms with Crippen LogP contribution in [0.25, 0.3) is 0 Å². The zero-order chi connectivity index (χ0) is 13.3.